The van der Waals surface area contributed by atoms with Gasteiger partial charge in [0.15, 0.2) is 19.5 Å². The Hall–Kier alpha value is -4.85. The van der Waals surface area contributed by atoms with E-state index in [0.717, 1.165) is 42.7 Å². The number of nitrogen functional groups attached to an aromatic ring is 1. The van der Waals surface area contributed by atoms with Gasteiger partial charge in [-0.15, -0.1) is 0 Å². The Labute approximate surface area is 329 Å². The molecule has 0 radical (unpaired) electrons. The molecule has 56 heavy (non-hydrogen) atoms. The first-order valence-corrected chi connectivity index (χ1v) is 22.4. The van der Waals surface area contributed by atoms with Crippen LogP contribution in [0.25, 0.3) is 22.2 Å². The van der Waals surface area contributed by atoms with Crippen molar-refractivity contribution in [2.45, 2.75) is 90.3 Å². The second kappa shape index (κ2) is 15.9. The lowest BCUT2D eigenvalue weighted by Gasteiger charge is -2.40. The first kappa shape index (κ1) is 39.4. The largest absolute Gasteiger partial charge is 0.488 e. The van der Waals surface area contributed by atoms with Crippen molar-refractivity contribution in [3.05, 3.63) is 100.0 Å². The van der Waals surface area contributed by atoms with Crippen LogP contribution in [0.3, 0.4) is 0 Å². The Bertz CT molecular complexity index is 2240. The van der Waals surface area contributed by atoms with Gasteiger partial charge in [-0.25, -0.2) is 14.4 Å². The van der Waals surface area contributed by atoms with Gasteiger partial charge in [0.1, 0.15) is 18.2 Å². The van der Waals surface area contributed by atoms with E-state index in [9.17, 15) is 4.79 Å². The average molecular weight is 780 g/mol. The van der Waals surface area contributed by atoms with Crippen molar-refractivity contribution in [2.24, 2.45) is 0 Å². The fraction of sp³-hybridized carbons (Fsp3) is 0.442. The van der Waals surface area contributed by atoms with Crippen LogP contribution in [0.2, 0.25) is 18.1 Å². The number of nitrogens with two attached hydrogens (primary N) is 1. The van der Waals surface area contributed by atoms with E-state index in [1.54, 1.807) is 19.5 Å². The van der Waals surface area contributed by atoms with Crippen molar-refractivity contribution < 1.29 is 18.3 Å². The van der Waals surface area contributed by atoms with Crippen molar-refractivity contribution in [3.63, 3.8) is 0 Å². The maximum absolute atomic E-state index is 16.4. The maximum Gasteiger partial charge on any atom is 0.213 e. The highest BCUT2D eigenvalue weighted by Gasteiger charge is 2.37. The standard InChI is InChI=1S/C43H54FN7O4Si/c1-28-27-54-42-39(36-12-10-29(21-47-36)15-18-55-56(6,7)43(2,3)4)35(44)20-34-40(42)51(28)25-31(41(34)52)24-50(23-30-14-16-46-38(19-30)53-5)33-9-8-17-49(26-33)32-11-13-37(45)48-22-32/h10-14,16,19-22,25,28,33H,8-9,15,17-18,23-24,26-27H2,1-7H3,(H2,45,48)/t28?,33-/m0/s1. The van der Waals surface area contributed by atoms with Crippen molar-refractivity contribution >= 4 is 30.7 Å². The third-order valence-corrected chi connectivity index (χ3v) is 16.3. The minimum atomic E-state index is -1.87. The molecule has 5 aromatic rings. The fourth-order valence-electron chi connectivity index (χ4n) is 7.49. The normalized spacial score (nSPS) is 17.3. The quantitative estimate of drug-likeness (QED) is 0.126. The molecule has 6 heterocycles. The number of rotatable bonds is 12. The lowest BCUT2D eigenvalue weighted by atomic mass is 9.99. The molecule has 2 aliphatic rings. The Balaban J connectivity index is 1.21. The van der Waals surface area contributed by atoms with E-state index in [1.165, 1.54) is 6.07 Å². The predicted molar refractivity (Wildman–Crippen MR) is 222 cm³/mol. The van der Waals surface area contributed by atoms with Gasteiger partial charge in [0, 0.05) is 69.0 Å². The average Bonchev–Trinajstić information content (AvgIpc) is 3.17. The second-order valence-corrected chi connectivity index (χ2v) is 21.5. The third kappa shape index (κ3) is 8.16. The molecule has 2 atom stereocenters. The Morgan fingerprint density at radius 3 is 2.59 bits per heavy atom. The van der Waals surface area contributed by atoms with Crippen LogP contribution in [-0.4, -0.2) is 72.2 Å². The molecule has 1 saturated heterocycles. The number of benzene rings is 1. The summed E-state index contributed by atoms with van der Waals surface area (Å²) in [5.41, 5.74) is 10.6. The van der Waals surface area contributed by atoms with E-state index in [4.69, 9.17) is 24.6 Å². The molecule has 0 aliphatic carbocycles. The summed E-state index contributed by atoms with van der Waals surface area (Å²) in [6.07, 6.45) is 9.93. The van der Waals surface area contributed by atoms with Gasteiger partial charge in [-0.3, -0.25) is 14.7 Å². The number of hydrogen-bond acceptors (Lipinski definition) is 10. The molecule has 0 spiro atoms. The van der Waals surface area contributed by atoms with Crippen LogP contribution in [0.1, 0.15) is 63.3 Å². The molecule has 0 bridgehead atoms. The zero-order valence-electron chi connectivity index (χ0n) is 33.6. The molecule has 2 N–H and O–H groups in total. The first-order chi connectivity index (χ1) is 26.7. The Morgan fingerprint density at radius 1 is 1.05 bits per heavy atom. The molecule has 1 unspecified atom stereocenters. The molecular weight excluding hydrogens is 726 g/mol. The molecule has 7 rings (SSSR count). The Kier molecular flexibility index (Phi) is 11.2. The molecule has 13 heteroatoms. The summed E-state index contributed by atoms with van der Waals surface area (Å²) in [6.45, 7) is 16.7. The van der Waals surface area contributed by atoms with E-state index < -0.39 is 14.1 Å². The minimum Gasteiger partial charge on any atom is -0.488 e. The summed E-state index contributed by atoms with van der Waals surface area (Å²) in [5, 5.41) is 0.430. The van der Waals surface area contributed by atoms with Gasteiger partial charge < -0.3 is 29.1 Å². The molecule has 296 valence electrons. The van der Waals surface area contributed by atoms with Crippen LogP contribution in [0, 0.1) is 5.82 Å². The smallest absolute Gasteiger partial charge is 0.213 e. The van der Waals surface area contributed by atoms with Gasteiger partial charge in [-0.05, 0) is 85.8 Å². The highest BCUT2D eigenvalue weighted by atomic mass is 28.4. The van der Waals surface area contributed by atoms with Crippen molar-refractivity contribution in [3.8, 4) is 22.9 Å². The number of pyridine rings is 4. The van der Waals surface area contributed by atoms with Crippen LogP contribution in [0.5, 0.6) is 11.6 Å². The Morgan fingerprint density at radius 2 is 1.88 bits per heavy atom. The van der Waals surface area contributed by atoms with Crippen LogP contribution in [-0.2, 0) is 23.9 Å². The van der Waals surface area contributed by atoms with Crippen LogP contribution in [0.4, 0.5) is 15.9 Å². The summed E-state index contributed by atoms with van der Waals surface area (Å²) < 4.78 is 36.5. The van der Waals surface area contributed by atoms with Crippen LogP contribution < -0.4 is 25.5 Å². The van der Waals surface area contributed by atoms with E-state index in [2.05, 4.69) is 65.1 Å². The lowest BCUT2D eigenvalue weighted by molar-refractivity contribution is 0.157. The molecule has 2 aliphatic heterocycles. The number of hydrogen-bond donors (Lipinski definition) is 1. The zero-order valence-corrected chi connectivity index (χ0v) is 34.6. The summed E-state index contributed by atoms with van der Waals surface area (Å²) in [7, 11) is -0.266. The number of anilines is 2. The lowest BCUT2D eigenvalue weighted by Crippen LogP contribution is -2.48. The number of nitrogens with zero attached hydrogens (tertiary/aromatic N) is 6. The molecule has 1 fully saturated rings. The predicted octanol–water partition coefficient (Wildman–Crippen LogP) is 7.77. The van der Waals surface area contributed by atoms with Crippen LogP contribution in [0.15, 0.2) is 72.0 Å². The van der Waals surface area contributed by atoms with Crippen LogP contribution >= 0.6 is 0 Å². The van der Waals surface area contributed by atoms with Gasteiger partial charge in [0.2, 0.25) is 5.88 Å². The van der Waals surface area contributed by atoms with Gasteiger partial charge in [-0.1, -0.05) is 26.8 Å². The fourth-order valence-corrected chi connectivity index (χ4v) is 8.54. The summed E-state index contributed by atoms with van der Waals surface area (Å²) >= 11 is 0. The van der Waals surface area contributed by atoms with Gasteiger partial charge in [-0.2, -0.15) is 0 Å². The van der Waals surface area contributed by atoms with E-state index >= 15 is 4.39 Å². The topological polar surface area (TPSA) is 121 Å². The van der Waals surface area contributed by atoms with Gasteiger partial charge in [0.05, 0.1) is 47.2 Å². The second-order valence-electron chi connectivity index (χ2n) is 16.7. The molecule has 0 amide bonds. The zero-order chi connectivity index (χ0) is 39.8. The van der Waals surface area contributed by atoms with Crippen molar-refractivity contribution in [1.29, 1.82) is 0 Å². The molecule has 1 aromatic carbocycles. The highest BCUT2D eigenvalue weighted by Crippen LogP contribution is 2.42. The number of aromatic nitrogens is 4. The summed E-state index contributed by atoms with van der Waals surface area (Å²) in [4.78, 5) is 32.5. The molecule has 0 saturated carbocycles. The monoisotopic (exact) mass is 779 g/mol. The summed E-state index contributed by atoms with van der Waals surface area (Å²) in [6, 6.07) is 12.9. The number of methoxy groups -OCH3 is 1. The van der Waals surface area contributed by atoms with E-state index in [0.29, 0.717) is 72.3 Å². The SMILES string of the molecule is COc1cc(CN(Cc2cn3c4c(c(-c5ccc(CCO[Si](C)(C)C(C)(C)C)cn5)c(F)cc4c2=O)OCC3C)[C@H]2CCCN(c3ccc(N)nc3)C2)ccn1. The van der Waals surface area contributed by atoms with Gasteiger partial charge in [0.25, 0.3) is 0 Å². The van der Waals surface area contributed by atoms with Crippen molar-refractivity contribution in [1.82, 2.24) is 24.4 Å². The third-order valence-electron chi connectivity index (χ3n) is 11.8. The maximum atomic E-state index is 16.4. The first-order valence-electron chi connectivity index (χ1n) is 19.5. The van der Waals surface area contributed by atoms with E-state index in [-0.39, 0.29) is 28.1 Å². The number of ether oxygens (including phenoxy) is 2. The minimum absolute atomic E-state index is 0.0833. The van der Waals surface area contributed by atoms with Gasteiger partial charge >= 0.3 is 0 Å². The highest BCUT2D eigenvalue weighted by molar-refractivity contribution is 6.74. The van der Waals surface area contributed by atoms with Crippen molar-refractivity contribution in [2.75, 3.05) is 44.0 Å². The number of halogens is 1. The molecular formula is C43H54FN7O4Si. The number of piperidine rings is 1. The van der Waals surface area contributed by atoms with E-state index in [1.807, 2.05) is 48.8 Å². The molecule has 11 nitrogen and oxygen atoms in total. The summed E-state index contributed by atoms with van der Waals surface area (Å²) in [5.74, 6) is 0.827. The molecule has 4 aromatic heterocycles.